The molecule has 0 spiro atoms. The summed E-state index contributed by atoms with van der Waals surface area (Å²) < 4.78 is 6.63. The molecule has 0 unspecified atom stereocenters. The number of aryl methyl sites for hydroxylation is 1. The maximum absolute atomic E-state index is 11.3. The van der Waals surface area contributed by atoms with E-state index in [-0.39, 0.29) is 5.97 Å². The third kappa shape index (κ3) is 1.30. The van der Waals surface area contributed by atoms with Crippen molar-refractivity contribution in [2.45, 2.75) is 26.3 Å². The van der Waals surface area contributed by atoms with Gasteiger partial charge in [-0.25, -0.2) is 9.48 Å². The second-order valence-electron chi connectivity index (χ2n) is 2.93. The Morgan fingerprint density at radius 1 is 1.69 bits per heavy atom. The Kier molecular flexibility index (Phi) is 2.00. The zero-order valence-corrected chi connectivity index (χ0v) is 7.49. The highest BCUT2D eigenvalue weighted by molar-refractivity contribution is 5.88. The molecule has 70 valence electrons. The predicted octanol–water partition coefficient (Wildman–Crippen LogP) is 0.401. The molecule has 0 aromatic carbocycles. The van der Waals surface area contributed by atoms with Crippen LogP contribution in [0.2, 0.25) is 0 Å². The normalized spacial score (nSPS) is 14.2. The molecule has 0 saturated heterocycles. The Morgan fingerprint density at radius 3 is 3.31 bits per heavy atom. The van der Waals surface area contributed by atoms with Gasteiger partial charge in [0.1, 0.15) is 0 Å². The van der Waals surface area contributed by atoms with Crippen LogP contribution >= 0.6 is 0 Å². The zero-order valence-electron chi connectivity index (χ0n) is 7.49. The number of nitrogens with zero attached hydrogens (tertiary/aromatic N) is 3. The third-order valence-electron chi connectivity index (χ3n) is 2.09. The van der Waals surface area contributed by atoms with Crippen molar-refractivity contribution in [1.29, 1.82) is 0 Å². The standard InChI is InChI=1S/C8H11N3O2/c1-2-13-8(12)7-6-4-3-5-11(6)10-9-7/h2-5H2,1H3. The Hall–Kier alpha value is -1.39. The van der Waals surface area contributed by atoms with Crippen molar-refractivity contribution in [1.82, 2.24) is 15.0 Å². The molecular weight excluding hydrogens is 170 g/mol. The number of hydrogen-bond acceptors (Lipinski definition) is 4. The van der Waals surface area contributed by atoms with Crippen LogP contribution in [0.1, 0.15) is 29.5 Å². The van der Waals surface area contributed by atoms with Crippen molar-refractivity contribution >= 4 is 5.97 Å². The molecule has 5 heteroatoms. The number of ether oxygens (including phenoxy) is 1. The summed E-state index contributed by atoms with van der Waals surface area (Å²) in [5.74, 6) is -0.356. The van der Waals surface area contributed by atoms with Gasteiger partial charge in [0.2, 0.25) is 0 Å². The number of carbonyl (C=O) groups excluding carboxylic acids is 1. The zero-order chi connectivity index (χ0) is 9.26. The molecule has 0 N–H and O–H groups in total. The average molecular weight is 181 g/mol. The minimum atomic E-state index is -0.356. The number of esters is 1. The lowest BCUT2D eigenvalue weighted by atomic mass is 10.2. The summed E-state index contributed by atoms with van der Waals surface area (Å²) in [6.45, 7) is 3.02. The fourth-order valence-electron chi connectivity index (χ4n) is 1.51. The average Bonchev–Trinajstić information content (AvgIpc) is 2.62. The fourth-order valence-corrected chi connectivity index (χ4v) is 1.51. The van der Waals surface area contributed by atoms with Gasteiger partial charge in [0.25, 0.3) is 0 Å². The van der Waals surface area contributed by atoms with E-state index in [9.17, 15) is 4.79 Å². The van der Waals surface area contributed by atoms with Gasteiger partial charge in [0.05, 0.1) is 12.3 Å². The highest BCUT2D eigenvalue weighted by Crippen LogP contribution is 2.16. The lowest BCUT2D eigenvalue weighted by Crippen LogP contribution is -2.07. The smallest absolute Gasteiger partial charge is 0.360 e. The van der Waals surface area contributed by atoms with Crippen LogP contribution in [0.4, 0.5) is 0 Å². The van der Waals surface area contributed by atoms with Crippen LogP contribution < -0.4 is 0 Å². The molecule has 0 saturated carbocycles. The first-order valence-electron chi connectivity index (χ1n) is 4.42. The van der Waals surface area contributed by atoms with Gasteiger partial charge < -0.3 is 4.74 Å². The molecule has 1 aromatic heterocycles. The predicted molar refractivity (Wildman–Crippen MR) is 44.3 cm³/mol. The van der Waals surface area contributed by atoms with Gasteiger partial charge in [0.15, 0.2) is 5.69 Å². The minimum Gasteiger partial charge on any atom is -0.461 e. The molecular formula is C8H11N3O2. The van der Waals surface area contributed by atoms with Gasteiger partial charge in [0, 0.05) is 6.54 Å². The Labute approximate surface area is 75.7 Å². The first kappa shape index (κ1) is 8.22. The maximum atomic E-state index is 11.3. The number of fused-ring (bicyclic) bond motifs is 1. The van der Waals surface area contributed by atoms with E-state index in [1.807, 2.05) is 0 Å². The summed E-state index contributed by atoms with van der Waals surface area (Å²) in [7, 11) is 0. The topological polar surface area (TPSA) is 57.0 Å². The molecule has 5 nitrogen and oxygen atoms in total. The van der Waals surface area contributed by atoms with Gasteiger partial charge in [-0.3, -0.25) is 0 Å². The Balaban J connectivity index is 2.26. The van der Waals surface area contributed by atoms with E-state index < -0.39 is 0 Å². The summed E-state index contributed by atoms with van der Waals surface area (Å²) in [5, 5.41) is 7.66. The van der Waals surface area contributed by atoms with Crippen molar-refractivity contribution in [3.8, 4) is 0 Å². The van der Waals surface area contributed by atoms with E-state index in [1.165, 1.54) is 0 Å². The molecule has 0 amide bonds. The molecule has 1 aliphatic rings. The van der Waals surface area contributed by atoms with E-state index in [2.05, 4.69) is 10.3 Å². The van der Waals surface area contributed by atoms with E-state index in [0.717, 1.165) is 25.1 Å². The van der Waals surface area contributed by atoms with E-state index in [1.54, 1.807) is 11.6 Å². The number of rotatable bonds is 2. The Morgan fingerprint density at radius 2 is 2.54 bits per heavy atom. The third-order valence-corrected chi connectivity index (χ3v) is 2.09. The first-order chi connectivity index (χ1) is 6.33. The second kappa shape index (κ2) is 3.16. The lowest BCUT2D eigenvalue weighted by molar-refractivity contribution is 0.0518. The summed E-state index contributed by atoms with van der Waals surface area (Å²) in [5.41, 5.74) is 1.30. The number of aromatic nitrogens is 3. The molecule has 0 bridgehead atoms. The van der Waals surface area contributed by atoms with Crippen molar-refractivity contribution in [3.63, 3.8) is 0 Å². The van der Waals surface area contributed by atoms with Crippen LogP contribution in [0.25, 0.3) is 0 Å². The van der Waals surface area contributed by atoms with Gasteiger partial charge in [-0.1, -0.05) is 5.21 Å². The lowest BCUT2D eigenvalue weighted by Gasteiger charge is -1.98. The highest BCUT2D eigenvalue weighted by atomic mass is 16.5. The maximum Gasteiger partial charge on any atom is 0.360 e. The monoisotopic (exact) mass is 181 g/mol. The van der Waals surface area contributed by atoms with E-state index in [4.69, 9.17) is 4.74 Å². The quantitative estimate of drug-likeness (QED) is 0.620. The van der Waals surface area contributed by atoms with Crippen LogP contribution in [-0.2, 0) is 17.7 Å². The molecule has 0 fully saturated rings. The van der Waals surface area contributed by atoms with Crippen LogP contribution in [0.15, 0.2) is 0 Å². The molecule has 1 aliphatic heterocycles. The largest absolute Gasteiger partial charge is 0.461 e. The molecule has 0 radical (unpaired) electrons. The van der Waals surface area contributed by atoms with Crippen molar-refractivity contribution in [3.05, 3.63) is 11.4 Å². The number of carbonyl (C=O) groups is 1. The first-order valence-corrected chi connectivity index (χ1v) is 4.42. The van der Waals surface area contributed by atoms with Crippen LogP contribution in [0.3, 0.4) is 0 Å². The summed E-state index contributed by atoms with van der Waals surface area (Å²) in [4.78, 5) is 11.3. The van der Waals surface area contributed by atoms with Crippen LogP contribution in [0.5, 0.6) is 0 Å². The van der Waals surface area contributed by atoms with Gasteiger partial charge >= 0.3 is 5.97 Å². The van der Waals surface area contributed by atoms with Gasteiger partial charge in [-0.05, 0) is 19.8 Å². The Bertz CT molecular complexity index is 332. The molecule has 0 atom stereocenters. The highest BCUT2D eigenvalue weighted by Gasteiger charge is 2.23. The second-order valence-corrected chi connectivity index (χ2v) is 2.93. The molecule has 0 aliphatic carbocycles. The van der Waals surface area contributed by atoms with Crippen molar-refractivity contribution < 1.29 is 9.53 Å². The summed E-state index contributed by atoms with van der Waals surface area (Å²) in [6.07, 6.45) is 1.92. The van der Waals surface area contributed by atoms with E-state index >= 15 is 0 Å². The van der Waals surface area contributed by atoms with Gasteiger partial charge in [-0.15, -0.1) is 5.10 Å². The molecule has 2 rings (SSSR count). The van der Waals surface area contributed by atoms with Crippen molar-refractivity contribution in [2.75, 3.05) is 6.61 Å². The van der Waals surface area contributed by atoms with E-state index in [0.29, 0.717) is 12.3 Å². The van der Waals surface area contributed by atoms with Crippen LogP contribution in [-0.4, -0.2) is 27.6 Å². The SMILES string of the molecule is CCOC(=O)c1nnn2c1CCC2. The van der Waals surface area contributed by atoms with Crippen LogP contribution in [0, 0.1) is 0 Å². The molecule has 1 aromatic rings. The molecule has 13 heavy (non-hydrogen) atoms. The minimum absolute atomic E-state index is 0.356. The van der Waals surface area contributed by atoms with Crippen molar-refractivity contribution in [2.24, 2.45) is 0 Å². The van der Waals surface area contributed by atoms with Gasteiger partial charge in [-0.2, -0.15) is 0 Å². The summed E-state index contributed by atoms with van der Waals surface area (Å²) >= 11 is 0. The number of hydrogen-bond donors (Lipinski definition) is 0. The molecule has 2 heterocycles. The summed E-state index contributed by atoms with van der Waals surface area (Å²) in [6, 6.07) is 0. The fraction of sp³-hybridized carbons (Fsp3) is 0.625.